The van der Waals surface area contributed by atoms with Gasteiger partial charge in [-0.05, 0) is 28.7 Å². The van der Waals surface area contributed by atoms with Crippen LogP contribution < -0.4 is 5.73 Å². The summed E-state index contributed by atoms with van der Waals surface area (Å²) in [5.74, 6) is 0. The average molecular weight is 295 g/mol. The summed E-state index contributed by atoms with van der Waals surface area (Å²) in [6.45, 7) is 3.60. The van der Waals surface area contributed by atoms with Gasteiger partial charge in [-0.25, -0.2) is 4.98 Å². The van der Waals surface area contributed by atoms with E-state index in [1.54, 1.807) is 12.3 Å². The Hall–Kier alpha value is -0.130. The number of nitrogens with two attached hydrogens (primary N) is 1. The second-order valence-corrected chi connectivity index (χ2v) is 3.78. The molecule has 1 aromatic rings. The van der Waals surface area contributed by atoms with Crippen molar-refractivity contribution in [1.29, 1.82) is 0 Å². The quantitative estimate of drug-likeness (QED) is 0.517. The molecule has 2 nitrogen and oxygen atoms in total. The van der Waals surface area contributed by atoms with Gasteiger partial charge in [-0.2, -0.15) is 0 Å². The molecule has 1 heterocycles. The van der Waals surface area contributed by atoms with Gasteiger partial charge in [-0.3, -0.25) is 0 Å². The molecule has 0 spiro atoms. The zero-order valence-corrected chi connectivity index (χ0v) is 9.21. The molecule has 1 aromatic heterocycles. The smallest absolute Gasteiger partial charge is 0.135 e. The van der Waals surface area contributed by atoms with Gasteiger partial charge in [-0.15, -0.1) is 6.58 Å². The fourth-order valence-electron chi connectivity index (χ4n) is 0.841. The van der Waals surface area contributed by atoms with E-state index in [1.807, 2.05) is 6.07 Å². The molecule has 64 valence electrons. The first-order valence-electron chi connectivity index (χ1n) is 3.35. The van der Waals surface area contributed by atoms with Crippen LogP contribution in [0.25, 0.3) is 0 Å². The normalized spacial score (nSPS) is 12.6. The van der Waals surface area contributed by atoms with Gasteiger partial charge in [0.25, 0.3) is 0 Å². The van der Waals surface area contributed by atoms with Crippen LogP contribution in [-0.2, 0) is 0 Å². The molecule has 0 unspecified atom stereocenters. The monoisotopic (exact) mass is 294 g/mol. The van der Waals surface area contributed by atoms with Gasteiger partial charge in [0.2, 0.25) is 0 Å². The van der Waals surface area contributed by atoms with Gasteiger partial charge in [0.1, 0.15) is 5.15 Å². The highest BCUT2D eigenvalue weighted by Gasteiger charge is 2.10. The van der Waals surface area contributed by atoms with E-state index in [0.717, 1.165) is 9.13 Å². The van der Waals surface area contributed by atoms with Gasteiger partial charge >= 0.3 is 0 Å². The highest BCUT2D eigenvalue weighted by Crippen LogP contribution is 2.24. The van der Waals surface area contributed by atoms with E-state index >= 15 is 0 Å². The van der Waals surface area contributed by atoms with Crippen LogP contribution >= 0.6 is 34.2 Å². The van der Waals surface area contributed by atoms with Gasteiger partial charge in [-0.1, -0.05) is 17.7 Å². The van der Waals surface area contributed by atoms with Crippen molar-refractivity contribution in [2.24, 2.45) is 5.73 Å². The van der Waals surface area contributed by atoms with Crippen LogP contribution in [0.1, 0.15) is 11.6 Å². The fraction of sp³-hybridized carbons (Fsp3) is 0.125. The molecule has 0 radical (unpaired) electrons. The van der Waals surface area contributed by atoms with E-state index in [4.69, 9.17) is 17.3 Å². The van der Waals surface area contributed by atoms with Crippen LogP contribution in [0, 0.1) is 3.57 Å². The maximum atomic E-state index is 5.86. The molecule has 0 saturated carbocycles. The average Bonchev–Trinajstić information content (AvgIpc) is 2.03. The first kappa shape index (κ1) is 9.95. The number of nitrogens with zero attached hydrogens (tertiary/aromatic N) is 1. The number of hydrogen-bond acceptors (Lipinski definition) is 2. The van der Waals surface area contributed by atoms with Crippen molar-refractivity contribution in [1.82, 2.24) is 4.98 Å². The highest BCUT2D eigenvalue weighted by atomic mass is 127. The van der Waals surface area contributed by atoms with E-state index in [-0.39, 0.29) is 6.04 Å². The summed E-state index contributed by atoms with van der Waals surface area (Å²) in [6, 6.07) is 1.63. The maximum Gasteiger partial charge on any atom is 0.135 e. The molecule has 0 aliphatic heterocycles. The van der Waals surface area contributed by atoms with Crippen molar-refractivity contribution in [3.05, 3.63) is 39.2 Å². The summed E-state index contributed by atoms with van der Waals surface area (Å²) >= 11 is 8.03. The number of halogens is 2. The van der Waals surface area contributed by atoms with Crippen molar-refractivity contribution >= 4 is 34.2 Å². The fourth-order valence-corrected chi connectivity index (χ4v) is 2.06. The summed E-state index contributed by atoms with van der Waals surface area (Å²) in [5.41, 5.74) is 6.59. The molecular weight excluding hydrogens is 286 g/mol. The van der Waals surface area contributed by atoms with Crippen molar-refractivity contribution < 1.29 is 0 Å². The summed E-state index contributed by atoms with van der Waals surface area (Å²) in [5, 5.41) is 0.453. The van der Waals surface area contributed by atoms with E-state index in [1.165, 1.54) is 0 Å². The minimum Gasteiger partial charge on any atom is -0.321 e. The zero-order chi connectivity index (χ0) is 9.14. The van der Waals surface area contributed by atoms with Crippen LogP contribution in [0.15, 0.2) is 24.9 Å². The molecule has 1 atom stereocenters. The summed E-state index contributed by atoms with van der Waals surface area (Å²) < 4.78 is 1.01. The van der Waals surface area contributed by atoms with Crippen LogP contribution in [-0.4, -0.2) is 4.98 Å². The summed E-state index contributed by atoms with van der Waals surface area (Å²) in [7, 11) is 0. The van der Waals surface area contributed by atoms with E-state index < -0.39 is 0 Å². The lowest BCUT2D eigenvalue weighted by Crippen LogP contribution is -2.09. The maximum absolute atomic E-state index is 5.86. The Morgan fingerprint density at radius 1 is 1.75 bits per heavy atom. The van der Waals surface area contributed by atoms with Crippen LogP contribution in [0.4, 0.5) is 0 Å². The molecule has 0 saturated heterocycles. The number of hydrogen-bond donors (Lipinski definition) is 1. The van der Waals surface area contributed by atoms with Gasteiger partial charge in [0.15, 0.2) is 0 Å². The Balaban J connectivity index is 3.20. The molecule has 0 aromatic carbocycles. The Morgan fingerprint density at radius 3 is 2.92 bits per heavy atom. The third kappa shape index (κ3) is 1.97. The van der Waals surface area contributed by atoms with Gasteiger partial charge in [0.05, 0.1) is 6.04 Å². The van der Waals surface area contributed by atoms with Crippen molar-refractivity contribution in [3.63, 3.8) is 0 Å². The van der Waals surface area contributed by atoms with E-state index in [2.05, 4.69) is 34.2 Å². The number of pyridine rings is 1. The highest BCUT2D eigenvalue weighted by molar-refractivity contribution is 14.1. The predicted octanol–water partition coefficient (Wildman–Crippen LogP) is 2.53. The van der Waals surface area contributed by atoms with Crippen molar-refractivity contribution in [3.8, 4) is 0 Å². The lowest BCUT2D eigenvalue weighted by Gasteiger charge is -2.09. The Bertz CT molecular complexity index is 281. The molecule has 4 heteroatoms. The standard InChI is InChI=1S/C8H8ClIN2/c1-2-6(11)7-5(10)3-4-12-8(7)9/h2-4,6H,1,11H2/t6-/m1/s1. The molecule has 0 bridgehead atoms. The number of aromatic nitrogens is 1. The predicted molar refractivity (Wildman–Crippen MR) is 59.1 cm³/mol. The van der Waals surface area contributed by atoms with Crippen LogP contribution in [0.2, 0.25) is 5.15 Å². The lowest BCUT2D eigenvalue weighted by molar-refractivity contribution is 0.896. The zero-order valence-electron chi connectivity index (χ0n) is 6.30. The summed E-state index contributed by atoms with van der Waals surface area (Å²) in [4.78, 5) is 3.94. The minimum atomic E-state index is -0.238. The molecular formula is C8H8ClIN2. The van der Waals surface area contributed by atoms with Gasteiger partial charge < -0.3 is 5.73 Å². The molecule has 0 amide bonds. The third-order valence-electron chi connectivity index (χ3n) is 1.48. The van der Waals surface area contributed by atoms with Crippen LogP contribution in [0.5, 0.6) is 0 Å². The largest absolute Gasteiger partial charge is 0.321 e. The first-order chi connectivity index (χ1) is 5.66. The summed E-state index contributed by atoms with van der Waals surface area (Å²) in [6.07, 6.45) is 3.30. The second kappa shape index (κ2) is 4.20. The SMILES string of the molecule is C=C[C@@H](N)c1c(I)ccnc1Cl. The Kier molecular flexibility index (Phi) is 3.49. The van der Waals surface area contributed by atoms with Crippen molar-refractivity contribution in [2.45, 2.75) is 6.04 Å². The lowest BCUT2D eigenvalue weighted by atomic mass is 10.1. The molecule has 2 N–H and O–H groups in total. The molecule has 12 heavy (non-hydrogen) atoms. The minimum absolute atomic E-state index is 0.238. The molecule has 0 aliphatic rings. The number of rotatable bonds is 2. The van der Waals surface area contributed by atoms with Crippen molar-refractivity contribution in [2.75, 3.05) is 0 Å². The van der Waals surface area contributed by atoms with Gasteiger partial charge in [0, 0.05) is 15.3 Å². The van der Waals surface area contributed by atoms with E-state index in [9.17, 15) is 0 Å². The third-order valence-corrected chi connectivity index (χ3v) is 2.72. The molecule has 0 aliphatic carbocycles. The molecule has 0 fully saturated rings. The second-order valence-electron chi connectivity index (χ2n) is 2.26. The van der Waals surface area contributed by atoms with E-state index in [0.29, 0.717) is 5.15 Å². The van der Waals surface area contributed by atoms with Crippen LogP contribution in [0.3, 0.4) is 0 Å². The molecule has 1 rings (SSSR count). The Labute approximate surface area is 90.0 Å². The Morgan fingerprint density at radius 2 is 2.42 bits per heavy atom. The first-order valence-corrected chi connectivity index (χ1v) is 4.80. The topological polar surface area (TPSA) is 38.9 Å².